The van der Waals surface area contributed by atoms with Gasteiger partial charge in [-0.1, -0.05) is 31.2 Å². The van der Waals surface area contributed by atoms with Crippen LogP contribution in [0.15, 0.2) is 41.3 Å². The van der Waals surface area contributed by atoms with Gasteiger partial charge in [0, 0.05) is 13.1 Å². The molecule has 0 aromatic heterocycles. The van der Waals surface area contributed by atoms with Crippen molar-refractivity contribution in [2.45, 2.75) is 25.2 Å². The van der Waals surface area contributed by atoms with Crippen molar-refractivity contribution in [3.05, 3.63) is 36.4 Å². The highest BCUT2D eigenvalue weighted by Crippen LogP contribution is 2.20. The molecule has 0 unspecified atom stereocenters. The van der Waals surface area contributed by atoms with Crippen LogP contribution in [-0.4, -0.2) is 34.7 Å². The molecule has 0 aliphatic rings. The first-order chi connectivity index (χ1) is 9.97. The van der Waals surface area contributed by atoms with Crippen LogP contribution in [0.4, 0.5) is 5.69 Å². The van der Waals surface area contributed by atoms with Crippen LogP contribution in [0.25, 0.3) is 0 Å². The Labute approximate surface area is 127 Å². The van der Waals surface area contributed by atoms with Crippen LogP contribution >= 0.6 is 0 Å². The standard InChI is InChI=1S/C15H24N2O3S/c1-4-9-17-21(18,19)15-8-6-5-7-14(15)16-10-11-20-12-13(2)3/h5-8,16-17H,2,4,9-12H2,1,3H3. The van der Waals surface area contributed by atoms with Gasteiger partial charge in [0.2, 0.25) is 10.0 Å². The first kappa shape index (κ1) is 17.7. The molecular weight excluding hydrogens is 288 g/mol. The first-order valence-electron chi connectivity index (χ1n) is 7.02. The summed E-state index contributed by atoms with van der Waals surface area (Å²) in [5.74, 6) is 0. The van der Waals surface area contributed by atoms with Gasteiger partial charge in [-0.15, -0.1) is 0 Å². The fourth-order valence-electron chi connectivity index (χ4n) is 1.67. The number of nitrogens with one attached hydrogen (secondary N) is 2. The van der Waals surface area contributed by atoms with Crippen molar-refractivity contribution in [2.24, 2.45) is 0 Å². The van der Waals surface area contributed by atoms with E-state index >= 15 is 0 Å². The Kier molecular flexibility index (Phi) is 7.42. The highest BCUT2D eigenvalue weighted by atomic mass is 32.2. The smallest absolute Gasteiger partial charge is 0.242 e. The lowest BCUT2D eigenvalue weighted by Crippen LogP contribution is -2.25. The number of rotatable bonds is 10. The van der Waals surface area contributed by atoms with E-state index in [4.69, 9.17) is 4.74 Å². The van der Waals surface area contributed by atoms with Crippen molar-refractivity contribution < 1.29 is 13.2 Å². The van der Waals surface area contributed by atoms with Crippen LogP contribution in [0.3, 0.4) is 0 Å². The maximum absolute atomic E-state index is 12.2. The maximum Gasteiger partial charge on any atom is 0.242 e. The average Bonchev–Trinajstić information content (AvgIpc) is 2.45. The molecular formula is C15H24N2O3S. The third kappa shape index (κ3) is 6.29. The summed E-state index contributed by atoms with van der Waals surface area (Å²) in [6.45, 7) is 9.54. The fourth-order valence-corrected chi connectivity index (χ4v) is 2.98. The van der Waals surface area contributed by atoms with Crippen molar-refractivity contribution in [2.75, 3.05) is 31.6 Å². The Morgan fingerprint density at radius 2 is 2.00 bits per heavy atom. The number of sulfonamides is 1. The summed E-state index contributed by atoms with van der Waals surface area (Å²) in [6.07, 6.45) is 0.754. The number of hydrogen-bond acceptors (Lipinski definition) is 4. The van der Waals surface area contributed by atoms with E-state index < -0.39 is 10.0 Å². The Bertz CT molecular complexity index is 556. The lowest BCUT2D eigenvalue weighted by atomic mass is 10.3. The lowest BCUT2D eigenvalue weighted by molar-refractivity contribution is 0.167. The van der Waals surface area contributed by atoms with E-state index in [9.17, 15) is 8.42 Å². The monoisotopic (exact) mass is 312 g/mol. The van der Waals surface area contributed by atoms with E-state index in [2.05, 4.69) is 16.6 Å². The highest BCUT2D eigenvalue weighted by Gasteiger charge is 2.16. The molecule has 0 aliphatic heterocycles. The second-order valence-electron chi connectivity index (χ2n) is 4.83. The normalized spacial score (nSPS) is 11.3. The van der Waals surface area contributed by atoms with Crippen LogP contribution in [0.2, 0.25) is 0 Å². The zero-order valence-electron chi connectivity index (χ0n) is 12.7. The largest absolute Gasteiger partial charge is 0.382 e. The molecule has 0 saturated carbocycles. The SMILES string of the molecule is C=C(C)COCCNc1ccccc1S(=O)(=O)NCCC. The molecule has 1 aromatic rings. The molecule has 6 heteroatoms. The third-order valence-electron chi connectivity index (χ3n) is 2.63. The van der Waals surface area contributed by atoms with Gasteiger partial charge in [-0.3, -0.25) is 0 Å². The van der Waals surface area contributed by atoms with Gasteiger partial charge in [-0.05, 0) is 25.5 Å². The predicted molar refractivity (Wildman–Crippen MR) is 86.0 cm³/mol. The van der Waals surface area contributed by atoms with E-state index in [1.807, 2.05) is 13.8 Å². The van der Waals surface area contributed by atoms with Crippen molar-refractivity contribution in [1.29, 1.82) is 0 Å². The third-order valence-corrected chi connectivity index (χ3v) is 4.15. The second-order valence-corrected chi connectivity index (χ2v) is 6.57. The number of hydrogen-bond donors (Lipinski definition) is 2. The Morgan fingerprint density at radius 1 is 1.29 bits per heavy atom. The number of anilines is 1. The molecule has 21 heavy (non-hydrogen) atoms. The summed E-state index contributed by atoms with van der Waals surface area (Å²) in [4.78, 5) is 0.262. The molecule has 1 aromatic carbocycles. The minimum atomic E-state index is -3.48. The Balaban J connectivity index is 2.65. The molecule has 2 N–H and O–H groups in total. The minimum absolute atomic E-state index is 0.262. The molecule has 0 bridgehead atoms. The fraction of sp³-hybridized carbons (Fsp3) is 0.467. The van der Waals surface area contributed by atoms with Gasteiger partial charge in [0.15, 0.2) is 0 Å². The Morgan fingerprint density at radius 3 is 2.67 bits per heavy atom. The number of ether oxygens (including phenoxy) is 1. The summed E-state index contributed by atoms with van der Waals surface area (Å²) in [6, 6.07) is 6.85. The van der Waals surface area contributed by atoms with E-state index in [1.165, 1.54) is 0 Å². The molecule has 0 atom stereocenters. The average molecular weight is 312 g/mol. The zero-order chi connectivity index (χ0) is 15.7. The molecule has 0 amide bonds. The second kappa shape index (κ2) is 8.81. The van der Waals surface area contributed by atoms with Crippen LogP contribution in [0.5, 0.6) is 0 Å². The first-order valence-corrected chi connectivity index (χ1v) is 8.50. The number of benzene rings is 1. The topological polar surface area (TPSA) is 67.4 Å². The van der Waals surface area contributed by atoms with E-state index in [1.54, 1.807) is 24.3 Å². The van der Waals surface area contributed by atoms with E-state index in [-0.39, 0.29) is 4.90 Å². The zero-order valence-corrected chi connectivity index (χ0v) is 13.5. The van der Waals surface area contributed by atoms with Crippen molar-refractivity contribution >= 4 is 15.7 Å². The van der Waals surface area contributed by atoms with Crippen molar-refractivity contribution in [3.63, 3.8) is 0 Å². The molecule has 0 saturated heterocycles. The molecule has 0 heterocycles. The van der Waals surface area contributed by atoms with Gasteiger partial charge in [-0.2, -0.15) is 0 Å². The van der Waals surface area contributed by atoms with Gasteiger partial charge in [0.05, 0.1) is 18.9 Å². The lowest BCUT2D eigenvalue weighted by Gasteiger charge is -2.13. The quantitative estimate of drug-likeness (QED) is 0.514. The van der Waals surface area contributed by atoms with Crippen LogP contribution < -0.4 is 10.0 Å². The maximum atomic E-state index is 12.2. The molecule has 118 valence electrons. The van der Waals surface area contributed by atoms with Gasteiger partial charge in [-0.25, -0.2) is 13.1 Å². The van der Waals surface area contributed by atoms with Crippen LogP contribution in [0.1, 0.15) is 20.3 Å². The van der Waals surface area contributed by atoms with Crippen molar-refractivity contribution in [1.82, 2.24) is 4.72 Å². The van der Waals surface area contributed by atoms with Crippen LogP contribution in [0, 0.1) is 0 Å². The minimum Gasteiger partial charge on any atom is -0.382 e. The molecule has 0 aliphatic carbocycles. The van der Waals surface area contributed by atoms with E-state index in [0.29, 0.717) is 32.0 Å². The van der Waals surface area contributed by atoms with E-state index in [0.717, 1.165) is 12.0 Å². The summed E-state index contributed by atoms with van der Waals surface area (Å²) in [5.41, 5.74) is 1.54. The number of para-hydroxylation sites is 1. The summed E-state index contributed by atoms with van der Waals surface area (Å²) < 4.78 is 32.3. The molecule has 0 radical (unpaired) electrons. The van der Waals surface area contributed by atoms with Gasteiger partial charge in [0.25, 0.3) is 0 Å². The highest BCUT2D eigenvalue weighted by molar-refractivity contribution is 7.89. The molecule has 1 rings (SSSR count). The van der Waals surface area contributed by atoms with Crippen LogP contribution in [-0.2, 0) is 14.8 Å². The van der Waals surface area contributed by atoms with Gasteiger partial charge >= 0.3 is 0 Å². The predicted octanol–water partition coefficient (Wildman–Crippen LogP) is 2.38. The van der Waals surface area contributed by atoms with Gasteiger partial charge in [0.1, 0.15) is 4.90 Å². The molecule has 5 nitrogen and oxygen atoms in total. The van der Waals surface area contributed by atoms with Gasteiger partial charge < -0.3 is 10.1 Å². The molecule has 0 spiro atoms. The van der Waals surface area contributed by atoms with Crippen molar-refractivity contribution in [3.8, 4) is 0 Å². The molecule has 0 fully saturated rings. The summed E-state index contributed by atoms with van der Waals surface area (Å²) >= 11 is 0. The summed E-state index contributed by atoms with van der Waals surface area (Å²) in [5, 5.41) is 3.10. The summed E-state index contributed by atoms with van der Waals surface area (Å²) in [7, 11) is -3.48. The Hall–Kier alpha value is -1.37.